The molecule has 6 rings (SSSR count). The van der Waals surface area contributed by atoms with E-state index in [0.29, 0.717) is 23.4 Å². The summed E-state index contributed by atoms with van der Waals surface area (Å²) in [5.41, 5.74) is 6.22. The van der Waals surface area contributed by atoms with Crippen LogP contribution in [0.25, 0.3) is 0 Å². The van der Waals surface area contributed by atoms with Gasteiger partial charge in [-0.3, -0.25) is 4.90 Å². The SMILES string of the molecule is Cc1ccc([Si](NC(C)(C)C)(c2ccc(C)cc2)C2CC(N3Cc4ccccc4C3)C3C=CC=CC32)cc1. The minimum atomic E-state index is -2.44. The van der Waals surface area contributed by atoms with Crippen LogP contribution in [0.3, 0.4) is 0 Å². The van der Waals surface area contributed by atoms with E-state index in [2.05, 4.69) is 142 Å². The maximum Gasteiger partial charge on any atom is 0.194 e. The quantitative estimate of drug-likeness (QED) is 0.401. The zero-order chi connectivity index (χ0) is 26.5. The molecular weight excluding hydrogens is 476 g/mol. The molecule has 4 unspecified atom stereocenters. The summed E-state index contributed by atoms with van der Waals surface area (Å²) in [7, 11) is -2.44. The molecule has 0 aromatic heterocycles. The lowest BCUT2D eigenvalue weighted by Gasteiger charge is -2.46. The first-order valence-electron chi connectivity index (χ1n) is 14.3. The number of nitrogens with one attached hydrogen (secondary N) is 1. The Kier molecular flexibility index (Phi) is 6.58. The summed E-state index contributed by atoms with van der Waals surface area (Å²) in [4.78, 5) is 7.19. The van der Waals surface area contributed by atoms with Gasteiger partial charge in [0.2, 0.25) is 0 Å². The molecule has 0 saturated heterocycles. The van der Waals surface area contributed by atoms with E-state index in [1.54, 1.807) is 0 Å². The molecule has 1 saturated carbocycles. The highest BCUT2D eigenvalue weighted by atomic mass is 28.3. The van der Waals surface area contributed by atoms with Gasteiger partial charge in [-0.25, -0.2) is 0 Å². The fraction of sp³-hybridized carbons (Fsp3) is 0.371. The van der Waals surface area contributed by atoms with Crippen LogP contribution in [-0.2, 0) is 13.1 Å². The van der Waals surface area contributed by atoms with Gasteiger partial charge in [0.15, 0.2) is 8.24 Å². The molecule has 4 atom stereocenters. The van der Waals surface area contributed by atoms with Crippen LogP contribution in [0.4, 0.5) is 0 Å². The highest BCUT2D eigenvalue weighted by Gasteiger charge is 2.57. The summed E-state index contributed by atoms with van der Waals surface area (Å²) in [6, 6.07) is 28.7. The summed E-state index contributed by atoms with van der Waals surface area (Å²) < 4.78 is 0. The Balaban J connectivity index is 1.50. The highest BCUT2D eigenvalue weighted by molar-refractivity contribution is 7.01. The van der Waals surface area contributed by atoms with Crippen molar-refractivity contribution in [2.45, 2.75) is 71.3 Å². The van der Waals surface area contributed by atoms with Gasteiger partial charge >= 0.3 is 0 Å². The van der Waals surface area contributed by atoms with Crippen molar-refractivity contribution >= 4 is 18.6 Å². The Bertz CT molecular complexity index is 1280. The van der Waals surface area contributed by atoms with Crippen molar-refractivity contribution in [2.75, 3.05) is 0 Å². The summed E-state index contributed by atoms with van der Waals surface area (Å²) in [5, 5.41) is 3.03. The number of hydrogen-bond acceptors (Lipinski definition) is 2. The van der Waals surface area contributed by atoms with Crippen LogP contribution in [-0.4, -0.2) is 24.7 Å². The predicted octanol–water partition coefficient (Wildman–Crippen LogP) is 6.27. The molecule has 2 aliphatic carbocycles. The van der Waals surface area contributed by atoms with E-state index < -0.39 is 8.24 Å². The van der Waals surface area contributed by atoms with Gasteiger partial charge in [0, 0.05) is 24.7 Å². The van der Waals surface area contributed by atoms with Gasteiger partial charge in [-0.15, -0.1) is 0 Å². The molecule has 38 heavy (non-hydrogen) atoms. The summed E-state index contributed by atoms with van der Waals surface area (Å²) in [6.45, 7) is 13.6. The van der Waals surface area contributed by atoms with Crippen LogP contribution in [0.1, 0.15) is 49.4 Å². The van der Waals surface area contributed by atoms with Gasteiger partial charge in [0.1, 0.15) is 0 Å². The first kappa shape index (κ1) is 25.5. The van der Waals surface area contributed by atoms with Crippen LogP contribution >= 0.6 is 0 Å². The Labute approximate surface area is 230 Å². The monoisotopic (exact) mass is 518 g/mol. The Morgan fingerprint density at radius 2 is 1.21 bits per heavy atom. The fourth-order valence-electron chi connectivity index (χ4n) is 7.51. The van der Waals surface area contributed by atoms with Crippen LogP contribution in [0.2, 0.25) is 5.54 Å². The van der Waals surface area contributed by atoms with E-state index in [-0.39, 0.29) is 5.54 Å². The van der Waals surface area contributed by atoms with Gasteiger partial charge in [0.25, 0.3) is 0 Å². The zero-order valence-corrected chi connectivity index (χ0v) is 24.6. The van der Waals surface area contributed by atoms with E-state index in [9.17, 15) is 0 Å². The van der Waals surface area contributed by atoms with Crippen molar-refractivity contribution in [1.29, 1.82) is 0 Å². The van der Waals surface area contributed by atoms with Gasteiger partial charge in [-0.2, -0.15) is 0 Å². The molecule has 2 nitrogen and oxygen atoms in total. The van der Waals surface area contributed by atoms with Crippen LogP contribution in [0.15, 0.2) is 97.1 Å². The fourth-order valence-corrected chi connectivity index (χ4v) is 13.2. The van der Waals surface area contributed by atoms with Gasteiger partial charge in [-0.05, 0) is 79.9 Å². The summed E-state index contributed by atoms with van der Waals surface area (Å²) in [5.74, 6) is 1.07. The maximum absolute atomic E-state index is 4.41. The van der Waals surface area contributed by atoms with Gasteiger partial charge in [-0.1, -0.05) is 108 Å². The second kappa shape index (κ2) is 9.79. The molecule has 0 bridgehead atoms. The molecule has 3 aliphatic rings. The molecule has 1 fully saturated rings. The second-order valence-corrected chi connectivity index (χ2v) is 16.7. The number of hydrogen-bond donors (Lipinski definition) is 1. The van der Waals surface area contributed by atoms with Crippen LogP contribution in [0.5, 0.6) is 0 Å². The number of nitrogens with zero attached hydrogens (tertiary/aromatic N) is 1. The van der Waals surface area contributed by atoms with Crippen molar-refractivity contribution in [3.63, 3.8) is 0 Å². The predicted molar refractivity (Wildman–Crippen MR) is 163 cm³/mol. The van der Waals surface area contributed by atoms with Gasteiger partial charge in [0.05, 0.1) is 0 Å². The number of aryl methyl sites for hydroxylation is 2. The molecule has 1 aliphatic heterocycles. The normalized spacial score (nSPS) is 25.0. The first-order chi connectivity index (χ1) is 18.2. The minimum absolute atomic E-state index is 0.00627. The second-order valence-electron chi connectivity index (χ2n) is 12.9. The Morgan fingerprint density at radius 1 is 0.711 bits per heavy atom. The number of allylic oxidation sites excluding steroid dienone is 3. The van der Waals surface area contributed by atoms with E-state index in [1.165, 1.54) is 39.0 Å². The topological polar surface area (TPSA) is 15.3 Å². The Morgan fingerprint density at radius 3 is 1.71 bits per heavy atom. The van der Waals surface area contributed by atoms with Crippen molar-refractivity contribution in [3.8, 4) is 0 Å². The van der Waals surface area contributed by atoms with E-state index >= 15 is 0 Å². The third-order valence-corrected chi connectivity index (χ3v) is 14.5. The maximum atomic E-state index is 4.41. The van der Waals surface area contributed by atoms with Crippen LogP contribution in [0, 0.1) is 25.7 Å². The van der Waals surface area contributed by atoms with E-state index in [1.807, 2.05) is 0 Å². The minimum Gasteiger partial charge on any atom is -0.325 e. The average molecular weight is 519 g/mol. The molecule has 3 aromatic rings. The first-order valence-corrected chi connectivity index (χ1v) is 16.4. The molecule has 196 valence electrons. The lowest BCUT2D eigenvalue weighted by atomic mass is 9.89. The summed E-state index contributed by atoms with van der Waals surface area (Å²) >= 11 is 0. The van der Waals surface area contributed by atoms with Crippen molar-refractivity contribution in [2.24, 2.45) is 11.8 Å². The molecule has 1 heterocycles. The molecule has 0 spiro atoms. The molecule has 1 N–H and O–H groups in total. The molecular formula is C35H42N2Si. The highest BCUT2D eigenvalue weighted by Crippen LogP contribution is 2.51. The lowest BCUT2D eigenvalue weighted by molar-refractivity contribution is 0.171. The third kappa shape index (κ3) is 4.55. The van der Waals surface area contributed by atoms with E-state index in [0.717, 1.165) is 13.1 Å². The van der Waals surface area contributed by atoms with Crippen LogP contribution < -0.4 is 15.4 Å². The Hall–Kier alpha value is -2.72. The molecule has 0 amide bonds. The largest absolute Gasteiger partial charge is 0.325 e. The average Bonchev–Trinajstić information content (AvgIpc) is 3.50. The van der Waals surface area contributed by atoms with Crippen molar-refractivity contribution in [3.05, 3.63) is 119 Å². The molecule has 3 heteroatoms. The molecule has 0 radical (unpaired) electrons. The summed E-state index contributed by atoms with van der Waals surface area (Å²) in [6.07, 6.45) is 10.9. The zero-order valence-electron chi connectivity index (χ0n) is 23.6. The van der Waals surface area contributed by atoms with Crippen molar-refractivity contribution < 1.29 is 0 Å². The molecule has 3 aromatic carbocycles. The number of rotatable bonds is 5. The number of benzene rings is 3. The third-order valence-electron chi connectivity index (χ3n) is 9.10. The van der Waals surface area contributed by atoms with Gasteiger partial charge < -0.3 is 4.98 Å². The van der Waals surface area contributed by atoms with E-state index in [4.69, 9.17) is 0 Å². The smallest absolute Gasteiger partial charge is 0.194 e. The number of fused-ring (bicyclic) bond motifs is 2. The standard InChI is InChI=1S/C35H42N2Si/c1-25-14-18-29(19-15-25)38(36-35(3,4)5,30-20-16-26(2)17-21-30)34-22-33(31-12-8-9-13-32(31)34)37-23-27-10-6-7-11-28(27)24-37/h6-21,31-34,36H,22-24H2,1-5H3. The lowest BCUT2D eigenvalue weighted by Crippen LogP contribution is -2.75. The van der Waals surface area contributed by atoms with Crippen molar-refractivity contribution in [1.82, 2.24) is 9.88 Å².